The molecule has 1 atom stereocenters. The van der Waals surface area contributed by atoms with Crippen molar-refractivity contribution in [1.29, 1.82) is 0 Å². The average Bonchev–Trinajstić information content (AvgIpc) is 2.41. The van der Waals surface area contributed by atoms with Crippen LogP contribution in [0.25, 0.3) is 0 Å². The van der Waals surface area contributed by atoms with Crippen LogP contribution in [-0.2, 0) is 4.79 Å². The largest absolute Gasteiger partial charge is 0.314 e. The molecule has 1 aromatic carbocycles. The highest BCUT2D eigenvalue weighted by Gasteiger charge is 2.21. The van der Waals surface area contributed by atoms with Gasteiger partial charge in [-0.1, -0.05) is 23.7 Å². The van der Waals surface area contributed by atoms with Crippen LogP contribution in [0.5, 0.6) is 0 Å². The number of benzene rings is 1. The summed E-state index contributed by atoms with van der Waals surface area (Å²) in [4.78, 5) is 25.9. The molecule has 1 heterocycles. The van der Waals surface area contributed by atoms with Gasteiger partial charge < -0.3 is 5.32 Å². The average molecular weight is 296 g/mol. The molecule has 6 heteroatoms. The molecule has 0 spiro atoms. The molecule has 20 heavy (non-hydrogen) atoms. The lowest BCUT2D eigenvalue weighted by atomic mass is 10.2. The van der Waals surface area contributed by atoms with Crippen LogP contribution in [0.1, 0.15) is 17.3 Å². The highest BCUT2D eigenvalue weighted by atomic mass is 35.5. The van der Waals surface area contributed by atoms with Crippen molar-refractivity contribution in [3.05, 3.63) is 34.9 Å². The quantitative estimate of drug-likeness (QED) is 0.869. The Balaban J connectivity index is 1.91. The highest BCUT2D eigenvalue weighted by molar-refractivity contribution is 6.34. The maximum Gasteiger partial charge on any atom is 0.259 e. The van der Waals surface area contributed by atoms with Gasteiger partial charge in [0.25, 0.3) is 5.91 Å². The zero-order valence-electron chi connectivity index (χ0n) is 11.4. The number of nitrogens with zero attached hydrogens (tertiary/aromatic N) is 1. The number of rotatable bonds is 3. The lowest BCUT2D eigenvalue weighted by molar-refractivity contribution is -0.121. The van der Waals surface area contributed by atoms with Crippen molar-refractivity contribution in [3.63, 3.8) is 0 Å². The first kappa shape index (κ1) is 15.0. The molecular weight excluding hydrogens is 278 g/mol. The van der Waals surface area contributed by atoms with Crippen molar-refractivity contribution >= 4 is 23.4 Å². The van der Waals surface area contributed by atoms with Crippen molar-refractivity contribution in [2.45, 2.75) is 13.0 Å². The van der Waals surface area contributed by atoms with Crippen molar-refractivity contribution in [3.8, 4) is 0 Å². The monoisotopic (exact) mass is 295 g/mol. The van der Waals surface area contributed by atoms with E-state index in [1.54, 1.807) is 24.3 Å². The summed E-state index contributed by atoms with van der Waals surface area (Å²) in [6, 6.07) is 6.95. The number of halogens is 1. The first-order chi connectivity index (χ1) is 9.58. The van der Waals surface area contributed by atoms with Crippen LogP contribution in [0.3, 0.4) is 0 Å². The number of carbonyl (C=O) groups is 2. The van der Waals surface area contributed by atoms with Gasteiger partial charge in [-0.2, -0.15) is 0 Å². The van der Waals surface area contributed by atoms with Gasteiger partial charge in [-0.15, -0.1) is 0 Å². The fourth-order valence-corrected chi connectivity index (χ4v) is 2.40. The summed E-state index contributed by atoms with van der Waals surface area (Å²) in [6.45, 7) is 4.78. The van der Waals surface area contributed by atoms with E-state index in [0.717, 1.165) is 19.6 Å². The van der Waals surface area contributed by atoms with Crippen LogP contribution in [0.4, 0.5) is 0 Å². The molecule has 2 N–H and O–H groups in total. The van der Waals surface area contributed by atoms with E-state index in [9.17, 15) is 9.59 Å². The molecule has 0 aliphatic carbocycles. The van der Waals surface area contributed by atoms with Gasteiger partial charge in [0.2, 0.25) is 5.91 Å². The number of carbonyl (C=O) groups excluding carboxylic acids is 2. The number of piperazine rings is 1. The van der Waals surface area contributed by atoms with Gasteiger partial charge in [0.1, 0.15) is 0 Å². The first-order valence-electron chi connectivity index (χ1n) is 6.61. The molecule has 1 aromatic rings. The van der Waals surface area contributed by atoms with Crippen molar-refractivity contribution in [2.75, 3.05) is 26.2 Å². The van der Waals surface area contributed by atoms with Crippen LogP contribution in [-0.4, -0.2) is 48.9 Å². The lowest BCUT2D eigenvalue weighted by Crippen LogP contribution is -2.53. The SMILES string of the molecule is C[C@H]1CNCCN1CC(=O)NC(=O)c1ccccc1Cl. The Morgan fingerprint density at radius 2 is 2.20 bits per heavy atom. The molecule has 1 fully saturated rings. The number of hydrogen-bond acceptors (Lipinski definition) is 4. The van der Waals surface area contributed by atoms with Gasteiger partial charge in [0.15, 0.2) is 0 Å². The second-order valence-corrected chi connectivity index (χ2v) is 5.29. The van der Waals surface area contributed by atoms with Crippen molar-refractivity contribution in [1.82, 2.24) is 15.5 Å². The Hall–Kier alpha value is -1.43. The summed E-state index contributed by atoms with van der Waals surface area (Å²) in [7, 11) is 0. The molecule has 1 aliphatic heterocycles. The topological polar surface area (TPSA) is 61.4 Å². The number of amides is 2. The molecule has 0 unspecified atom stereocenters. The van der Waals surface area contributed by atoms with Gasteiger partial charge in [-0.05, 0) is 19.1 Å². The summed E-state index contributed by atoms with van der Waals surface area (Å²) in [5.74, 6) is -0.757. The fourth-order valence-electron chi connectivity index (χ4n) is 2.18. The molecule has 1 saturated heterocycles. The number of imide groups is 1. The van der Waals surface area contributed by atoms with Crippen molar-refractivity contribution < 1.29 is 9.59 Å². The normalized spacial score (nSPS) is 19.6. The van der Waals surface area contributed by atoms with Crippen molar-refractivity contribution in [2.24, 2.45) is 0 Å². The van der Waals surface area contributed by atoms with Gasteiger partial charge in [-0.25, -0.2) is 0 Å². The van der Waals surface area contributed by atoms with Gasteiger partial charge in [0.05, 0.1) is 17.1 Å². The van der Waals surface area contributed by atoms with Crippen LogP contribution in [0.2, 0.25) is 5.02 Å². The maximum atomic E-state index is 12.0. The molecule has 108 valence electrons. The summed E-state index contributed by atoms with van der Waals surface area (Å²) >= 11 is 5.93. The molecular formula is C14H18ClN3O2. The van der Waals surface area contributed by atoms with Gasteiger partial charge in [0, 0.05) is 25.7 Å². The third kappa shape index (κ3) is 3.79. The second-order valence-electron chi connectivity index (χ2n) is 4.88. The molecule has 1 aliphatic rings. The number of nitrogens with one attached hydrogen (secondary N) is 2. The summed E-state index contributed by atoms with van der Waals surface area (Å²) in [5, 5.41) is 5.98. The third-order valence-electron chi connectivity index (χ3n) is 3.36. The van der Waals surface area contributed by atoms with Gasteiger partial charge >= 0.3 is 0 Å². The van der Waals surface area contributed by atoms with Crippen LogP contribution in [0.15, 0.2) is 24.3 Å². The second kappa shape index (κ2) is 6.83. The van der Waals surface area contributed by atoms with E-state index in [1.165, 1.54) is 0 Å². The zero-order chi connectivity index (χ0) is 14.5. The van der Waals surface area contributed by atoms with E-state index in [2.05, 4.69) is 17.6 Å². The van der Waals surface area contributed by atoms with Crippen LogP contribution in [0, 0.1) is 0 Å². The molecule has 0 bridgehead atoms. The maximum absolute atomic E-state index is 12.0. The number of hydrogen-bond donors (Lipinski definition) is 2. The molecule has 5 nitrogen and oxygen atoms in total. The molecule has 0 radical (unpaired) electrons. The molecule has 2 rings (SSSR count). The molecule has 0 saturated carbocycles. The summed E-state index contributed by atoms with van der Waals surface area (Å²) in [5.41, 5.74) is 0.316. The smallest absolute Gasteiger partial charge is 0.259 e. The Labute approximate surface area is 123 Å². The summed E-state index contributed by atoms with van der Waals surface area (Å²) in [6.07, 6.45) is 0. The Morgan fingerprint density at radius 1 is 1.45 bits per heavy atom. The van der Waals surface area contributed by atoms with E-state index in [4.69, 9.17) is 11.6 Å². The zero-order valence-corrected chi connectivity index (χ0v) is 12.1. The minimum Gasteiger partial charge on any atom is -0.314 e. The predicted molar refractivity (Wildman–Crippen MR) is 77.8 cm³/mol. The lowest BCUT2D eigenvalue weighted by Gasteiger charge is -2.33. The van der Waals surface area contributed by atoms with E-state index in [0.29, 0.717) is 10.6 Å². The van der Waals surface area contributed by atoms with E-state index >= 15 is 0 Å². The van der Waals surface area contributed by atoms with E-state index in [-0.39, 0.29) is 18.5 Å². The Kier molecular flexibility index (Phi) is 5.11. The van der Waals surface area contributed by atoms with Crippen LogP contribution >= 0.6 is 11.6 Å². The Bertz CT molecular complexity index is 507. The molecule has 2 amide bonds. The highest BCUT2D eigenvalue weighted by Crippen LogP contribution is 2.14. The van der Waals surface area contributed by atoms with Gasteiger partial charge in [-0.3, -0.25) is 19.8 Å². The first-order valence-corrected chi connectivity index (χ1v) is 6.99. The molecule has 0 aromatic heterocycles. The van der Waals surface area contributed by atoms with E-state index in [1.807, 2.05) is 4.90 Å². The predicted octanol–water partition coefficient (Wildman–Crippen LogP) is 0.890. The minimum atomic E-state index is -0.455. The van der Waals surface area contributed by atoms with Crippen LogP contribution < -0.4 is 10.6 Å². The fraction of sp³-hybridized carbons (Fsp3) is 0.429. The Morgan fingerprint density at radius 3 is 2.90 bits per heavy atom. The standard InChI is InChI=1S/C14H18ClN3O2/c1-10-8-16-6-7-18(10)9-13(19)17-14(20)11-4-2-3-5-12(11)15/h2-5,10,16H,6-9H2,1H3,(H,17,19,20)/t10-/m0/s1. The third-order valence-corrected chi connectivity index (χ3v) is 3.69. The van der Waals surface area contributed by atoms with E-state index < -0.39 is 5.91 Å². The minimum absolute atomic E-state index is 0.221. The summed E-state index contributed by atoms with van der Waals surface area (Å²) < 4.78 is 0.